The summed E-state index contributed by atoms with van der Waals surface area (Å²) in [4.78, 5) is 12.7. The summed E-state index contributed by atoms with van der Waals surface area (Å²) in [5.74, 6) is -0.0936. The van der Waals surface area contributed by atoms with E-state index in [1.165, 1.54) is 10.2 Å². The number of rotatable bonds is 3. The number of carbonyl (C=O) groups excluding carboxylic acids is 1. The zero-order valence-corrected chi connectivity index (χ0v) is 15.2. The minimum absolute atomic E-state index is 0.0222. The number of halogens is 2. The molecule has 1 N–H and O–H groups in total. The van der Waals surface area contributed by atoms with Crippen molar-refractivity contribution in [2.45, 2.75) is 46.0 Å². The molecule has 1 aliphatic carbocycles. The minimum atomic E-state index is -2.79. The molecule has 0 bridgehead atoms. The summed E-state index contributed by atoms with van der Waals surface area (Å²) in [6.45, 7) is 8.19. The molecule has 1 amide bonds. The van der Waals surface area contributed by atoms with E-state index in [1.807, 2.05) is 12.1 Å². The molecule has 0 saturated carbocycles. The number of nitrogens with one attached hydrogen (secondary N) is 1. The summed E-state index contributed by atoms with van der Waals surface area (Å²) in [5, 5.41) is 6.63. The first-order chi connectivity index (χ1) is 11.6. The van der Waals surface area contributed by atoms with E-state index in [4.69, 9.17) is 0 Å². The molecule has 1 aromatic carbocycles. The van der Waals surface area contributed by atoms with Crippen LogP contribution in [-0.4, -0.2) is 15.7 Å². The Labute approximate surface area is 146 Å². The van der Waals surface area contributed by atoms with Crippen molar-refractivity contribution in [3.05, 3.63) is 46.3 Å². The smallest absolute Gasteiger partial charge is 0.282 e. The number of hydrogen-bond donors (Lipinski definition) is 1. The molecule has 0 saturated heterocycles. The second-order valence-corrected chi connectivity index (χ2v) is 7.38. The number of benzene rings is 1. The van der Waals surface area contributed by atoms with Gasteiger partial charge >= 0.3 is 0 Å². The van der Waals surface area contributed by atoms with Gasteiger partial charge in [0.25, 0.3) is 12.3 Å². The van der Waals surface area contributed by atoms with Gasteiger partial charge in [-0.1, -0.05) is 32.9 Å². The average Bonchev–Trinajstić information content (AvgIpc) is 2.96. The topological polar surface area (TPSA) is 46.9 Å². The van der Waals surface area contributed by atoms with Crippen LogP contribution in [0.3, 0.4) is 0 Å². The second-order valence-electron chi connectivity index (χ2n) is 7.38. The Hall–Kier alpha value is -2.24. The van der Waals surface area contributed by atoms with Gasteiger partial charge in [-0.2, -0.15) is 5.10 Å². The summed E-state index contributed by atoms with van der Waals surface area (Å²) in [6, 6.07) is 5.81. The van der Waals surface area contributed by atoms with Gasteiger partial charge in [0.05, 0.1) is 5.56 Å². The quantitative estimate of drug-likeness (QED) is 0.895. The van der Waals surface area contributed by atoms with Crippen molar-refractivity contribution in [2.24, 2.45) is 13.0 Å². The van der Waals surface area contributed by atoms with Crippen LogP contribution in [0.15, 0.2) is 18.2 Å². The zero-order valence-electron chi connectivity index (χ0n) is 15.2. The van der Waals surface area contributed by atoms with Gasteiger partial charge in [-0.05, 0) is 41.9 Å². The first-order valence-electron chi connectivity index (χ1n) is 8.40. The van der Waals surface area contributed by atoms with Crippen molar-refractivity contribution < 1.29 is 13.6 Å². The first kappa shape index (κ1) is 17.6. The minimum Gasteiger partial charge on any atom is -0.322 e. The molecule has 25 heavy (non-hydrogen) atoms. The Morgan fingerprint density at radius 1 is 1.40 bits per heavy atom. The van der Waals surface area contributed by atoms with Gasteiger partial charge in [-0.15, -0.1) is 0 Å². The van der Waals surface area contributed by atoms with E-state index in [2.05, 4.69) is 37.3 Å². The lowest BCUT2D eigenvalue weighted by molar-refractivity contribution is 0.101. The number of aromatic nitrogens is 2. The van der Waals surface area contributed by atoms with E-state index in [-0.39, 0.29) is 11.0 Å². The van der Waals surface area contributed by atoms with Gasteiger partial charge in [0.2, 0.25) is 0 Å². The lowest BCUT2D eigenvalue weighted by Crippen LogP contribution is -2.21. The molecule has 1 aliphatic rings. The molecule has 0 spiro atoms. The highest BCUT2D eigenvalue weighted by molar-refractivity contribution is 6.06. The highest BCUT2D eigenvalue weighted by atomic mass is 19.3. The maximum absolute atomic E-state index is 13.2. The van der Waals surface area contributed by atoms with Gasteiger partial charge in [-0.3, -0.25) is 9.48 Å². The van der Waals surface area contributed by atoms with Gasteiger partial charge in [-0.25, -0.2) is 8.78 Å². The van der Waals surface area contributed by atoms with E-state index in [0.717, 1.165) is 12.0 Å². The van der Waals surface area contributed by atoms with E-state index in [0.29, 0.717) is 17.3 Å². The number of carbonyl (C=O) groups is 1. The average molecular weight is 347 g/mol. The normalized spacial score (nSPS) is 18.5. The van der Waals surface area contributed by atoms with Crippen molar-refractivity contribution in [3.8, 4) is 0 Å². The van der Waals surface area contributed by atoms with E-state index >= 15 is 0 Å². The maximum atomic E-state index is 13.2. The summed E-state index contributed by atoms with van der Waals surface area (Å²) in [7, 11) is 1.56. The number of alkyl halides is 2. The third kappa shape index (κ3) is 2.73. The van der Waals surface area contributed by atoms with Gasteiger partial charge < -0.3 is 5.32 Å². The Morgan fingerprint density at radius 3 is 2.72 bits per heavy atom. The lowest BCUT2D eigenvalue weighted by Gasteiger charge is -2.25. The molecule has 3 rings (SSSR count). The molecule has 1 unspecified atom stereocenters. The highest BCUT2D eigenvalue weighted by Gasteiger charge is 2.38. The molecule has 0 aliphatic heterocycles. The van der Waals surface area contributed by atoms with Crippen LogP contribution in [0, 0.1) is 12.8 Å². The van der Waals surface area contributed by atoms with E-state index < -0.39 is 18.0 Å². The van der Waals surface area contributed by atoms with Crippen molar-refractivity contribution in [1.29, 1.82) is 0 Å². The van der Waals surface area contributed by atoms with Crippen molar-refractivity contribution in [1.82, 2.24) is 9.78 Å². The Morgan fingerprint density at radius 2 is 2.08 bits per heavy atom. The van der Waals surface area contributed by atoms with Gasteiger partial charge in [0, 0.05) is 18.4 Å². The molecule has 0 fully saturated rings. The fraction of sp³-hybridized carbons (Fsp3) is 0.474. The number of fused-ring (bicyclic) bond motifs is 1. The number of hydrogen-bond acceptors (Lipinski definition) is 2. The third-order valence-corrected chi connectivity index (χ3v) is 5.66. The predicted molar refractivity (Wildman–Crippen MR) is 93.2 cm³/mol. The number of anilines is 1. The molecule has 1 atom stereocenters. The van der Waals surface area contributed by atoms with Crippen LogP contribution >= 0.6 is 0 Å². The Bertz CT molecular complexity index is 839. The molecule has 4 nitrogen and oxygen atoms in total. The van der Waals surface area contributed by atoms with Crippen LogP contribution in [-0.2, 0) is 18.9 Å². The Kier molecular flexibility index (Phi) is 4.17. The fourth-order valence-electron chi connectivity index (χ4n) is 3.61. The fourth-order valence-corrected chi connectivity index (χ4v) is 3.61. The molecule has 134 valence electrons. The van der Waals surface area contributed by atoms with Crippen LogP contribution in [0.2, 0.25) is 0 Å². The molecule has 2 aromatic rings. The summed E-state index contributed by atoms with van der Waals surface area (Å²) < 4.78 is 27.8. The molecule has 1 heterocycles. The number of amides is 1. The van der Waals surface area contributed by atoms with Crippen molar-refractivity contribution in [2.75, 3.05) is 5.32 Å². The Balaban J connectivity index is 1.99. The van der Waals surface area contributed by atoms with Crippen LogP contribution < -0.4 is 5.32 Å². The largest absolute Gasteiger partial charge is 0.322 e. The standard InChI is InChI=1S/C19H23F2N3O/c1-10-9-12-13(19(10,3)4)7-6-8-14(12)22-18(25)15-11(2)24(5)23-16(15)17(20)21/h6-8,10,17H,9H2,1-5H3,(H,22,25). The van der Waals surface area contributed by atoms with Gasteiger partial charge in [0.15, 0.2) is 0 Å². The summed E-state index contributed by atoms with van der Waals surface area (Å²) in [5.41, 5.74) is 2.92. The number of nitrogens with zero attached hydrogens (tertiary/aromatic N) is 2. The summed E-state index contributed by atoms with van der Waals surface area (Å²) >= 11 is 0. The monoisotopic (exact) mass is 347 g/mol. The molecular formula is C19H23F2N3O. The molecular weight excluding hydrogens is 324 g/mol. The van der Waals surface area contributed by atoms with Crippen molar-refractivity contribution >= 4 is 11.6 Å². The SMILES string of the molecule is Cc1c(C(=O)Nc2cccc3c2CC(C)C3(C)C)c(C(F)F)nn1C. The number of aryl methyl sites for hydroxylation is 1. The van der Waals surface area contributed by atoms with Crippen LogP contribution in [0.5, 0.6) is 0 Å². The first-order valence-corrected chi connectivity index (χ1v) is 8.40. The molecule has 0 radical (unpaired) electrons. The van der Waals surface area contributed by atoms with Crippen LogP contribution in [0.1, 0.15) is 60.1 Å². The predicted octanol–water partition coefficient (Wildman–Crippen LogP) is 4.39. The summed E-state index contributed by atoms with van der Waals surface area (Å²) in [6.07, 6.45) is -1.94. The maximum Gasteiger partial charge on any atom is 0.282 e. The van der Waals surface area contributed by atoms with Crippen molar-refractivity contribution in [3.63, 3.8) is 0 Å². The zero-order chi connectivity index (χ0) is 18.5. The highest BCUT2D eigenvalue weighted by Crippen LogP contribution is 2.45. The third-order valence-electron chi connectivity index (χ3n) is 5.66. The van der Waals surface area contributed by atoms with Gasteiger partial charge in [0.1, 0.15) is 5.69 Å². The lowest BCUT2D eigenvalue weighted by atomic mass is 9.80. The van der Waals surface area contributed by atoms with Crippen LogP contribution in [0.4, 0.5) is 14.5 Å². The second kappa shape index (κ2) is 5.93. The molecule has 6 heteroatoms. The van der Waals surface area contributed by atoms with E-state index in [9.17, 15) is 13.6 Å². The van der Waals surface area contributed by atoms with Crippen LogP contribution in [0.25, 0.3) is 0 Å². The molecule has 1 aromatic heterocycles. The van der Waals surface area contributed by atoms with E-state index in [1.54, 1.807) is 14.0 Å².